The van der Waals surface area contributed by atoms with Crippen LogP contribution < -0.4 is 4.90 Å². The van der Waals surface area contributed by atoms with Crippen molar-refractivity contribution in [3.63, 3.8) is 0 Å². The molecule has 3 aromatic rings. The Morgan fingerprint density at radius 2 is 0.984 bits per heavy atom. The maximum Gasteiger partial charge on any atom is 0.306 e. The molecule has 0 radical (unpaired) electrons. The maximum absolute atomic E-state index is 14.2. The van der Waals surface area contributed by atoms with Crippen LogP contribution >= 0.6 is 0 Å². The predicted molar refractivity (Wildman–Crippen MR) is 243 cm³/mol. The van der Waals surface area contributed by atoms with E-state index >= 15 is 0 Å². The van der Waals surface area contributed by atoms with Crippen LogP contribution in [0, 0.1) is 29.5 Å². The molecule has 0 N–H and O–H groups in total. The SMILES string of the molecule is CC[C@@H](C)[C@H](CC(=O)OC)C(=O)N1CCC[C@H]1C(=O)Cc1ccc([C@H]2CC[C@H](c3ccc(CC(=O)[C@@H]4CCCN4C(=O)[C@@H](CC(=O)OC)[C@H](C)CC)cc3)N2c2ccc(F)cc2)cc1. The third-order valence-corrected chi connectivity index (χ3v) is 14.3. The van der Waals surface area contributed by atoms with Crippen molar-refractivity contribution in [2.24, 2.45) is 23.7 Å². The highest BCUT2D eigenvalue weighted by Crippen LogP contribution is 2.47. The molecule has 0 bridgehead atoms. The van der Waals surface area contributed by atoms with Crippen molar-refractivity contribution < 1.29 is 42.6 Å². The molecule has 12 heteroatoms. The van der Waals surface area contributed by atoms with Gasteiger partial charge >= 0.3 is 11.9 Å². The number of rotatable bonds is 19. The lowest BCUT2D eigenvalue weighted by Crippen LogP contribution is -2.46. The van der Waals surface area contributed by atoms with Crippen LogP contribution in [0.1, 0.15) is 126 Å². The Morgan fingerprint density at radius 3 is 1.34 bits per heavy atom. The van der Waals surface area contributed by atoms with E-state index in [-0.39, 0.29) is 78.8 Å². The Hall–Kier alpha value is -5.39. The first-order valence-corrected chi connectivity index (χ1v) is 23.3. The summed E-state index contributed by atoms with van der Waals surface area (Å²) in [6.07, 6.45) is 6.16. The van der Waals surface area contributed by atoms with Gasteiger partial charge in [0.15, 0.2) is 11.6 Å². The fourth-order valence-electron chi connectivity index (χ4n) is 10.1. The van der Waals surface area contributed by atoms with Gasteiger partial charge < -0.3 is 24.2 Å². The fraction of sp³-hybridized carbons (Fsp3) is 0.538. The topological polar surface area (TPSA) is 131 Å². The number of carbonyl (C=O) groups excluding carboxylic acids is 6. The summed E-state index contributed by atoms with van der Waals surface area (Å²) in [7, 11) is 2.65. The van der Waals surface area contributed by atoms with Gasteiger partial charge in [0.05, 0.1) is 63.1 Å². The molecule has 3 aliphatic heterocycles. The van der Waals surface area contributed by atoms with Gasteiger partial charge in [-0.1, -0.05) is 89.1 Å². The summed E-state index contributed by atoms with van der Waals surface area (Å²) < 4.78 is 24.0. The Balaban J connectivity index is 1.14. The van der Waals surface area contributed by atoms with Gasteiger partial charge in [-0.15, -0.1) is 0 Å². The molecule has 3 aliphatic rings. The zero-order valence-corrected chi connectivity index (χ0v) is 38.4. The number of hydrogen-bond donors (Lipinski definition) is 0. The van der Waals surface area contributed by atoms with Crippen molar-refractivity contribution in [3.05, 3.63) is 101 Å². The average Bonchev–Trinajstić information content (AvgIpc) is 4.11. The zero-order valence-electron chi connectivity index (χ0n) is 38.4. The molecule has 3 saturated heterocycles. The van der Waals surface area contributed by atoms with Crippen LogP contribution in [0.3, 0.4) is 0 Å². The number of halogens is 1. The summed E-state index contributed by atoms with van der Waals surface area (Å²) in [4.78, 5) is 85.2. The van der Waals surface area contributed by atoms with E-state index < -0.39 is 35.9 Å². The molecule has 2 amide bonds. The zero-order chi connectivity index (χ0) is 46.1. The largest absolute Gasteiger partial charge is 0.469 e. The summed E-state index contributed by atoms with van der Waals surface area (Å²) in [5.41, 5.74) is 4.74. The van der Waals surface area contributed by atoms with E-state index in [1.807, 2.05) is 52.0 Å². The number of amides is 2. The van der Waals surface area contributed by atoms with Gasteiger partial charge in [-0.05, 0) is 96.9 Å². The van der Waals surface area contributed by atoms with E-state index in [2.05, 4.69) is 29.2 Å². The van der Waals surface area contributed by atoms with Gasteiger partial charge in [0.2, 0.25) is 11.8 Å². The monoisotopic (exact) mass is 879 g/mol. The minimum Gasteiger partial charge on any atom is -0.469 e. The van der Waals surface area contributed by atoms with Gasteiger partial charge in [-0.25, -0.2) is 4.39 Å². The molecule has 0 aromatic heterocycles. The Labute approximate surface area is 378 Å². The van der Waals surface area contributed by atoms with Crippen molar-refractivity contribution in [1.82, 2.24) is 9.80 Å². The standard InChI is InChI=1S/C52H66FN3O8/c1-7-33(3)41(31-49(59)63-5)51(61)54-27-9-11-45(54)47(57)29-35-13-17-37(18-14-35)43-25-26-44(56(43)40-23-21-39(53)22-24-40)38-19-15-36(16-20-38)30-48(58)46-12-10-28-55(46)52(62)42(34(4)8-2)32-50(60)64-6/h13-24,33-34,41-46H,7-12,25-32H2,1-6H3/t33-,34-,41+,42+,43-,44-,45+,46+/m1/s1. The van der Waals surface area contributed by atoms with Gasteiger partial charge in [0.1, 0.15) is 5.82 Å². The fourth-order valence-corrected chi connectivity index (χ4v) is 10.1. The molecule has 3 heterocycles. The van der Waals surface area contributed by atoms with Crippen molar-refractivity contribution in [1.29, 1.82) is 0 Å². The number of esters is 2. The minimum absolute atomic E-state index is 0.00223. The number of methoxy groups -OCH3 is 2. The molecule has 3 aromatic carbocycles. The minimum atomic E-state index is -0.535. The first-order valence-electron chi connectivity index (χ1n) is 23.3. The number of carbonyl (C=O) groups is 6. The Kier molecular flexibility index (Phi) is 16.5. The molecular formula is C52H66FN3O8. The van der Waals surface area contributed by atoms with Crippen LogP contribution in [0.5, 0.6) is 0 Å². The van der Waals surface area contributed by atoms with Gasteiger partial charge in [0.25, 0.3) is 0 Å². The first-order chi connectivity index (χ1) is 30.8. The second-order valence-electron chi connectivity index (χ2n) is 18.2. The number of ketones is 2. The number of hydrogen-bond acceptors (Lipinski definition) is 9. The quantitative estimate of drug-likeness (QED) is 0.109. The second-order valence-corrected chi connectivity index (χ2v) is 18.2. The normalized spacial score (nSPS) is 21.6. The predicted octanol–water partition coefficient (Wildman–Crippen LogP) is 8.56. The smallest absolute Gasteiger partial charge is 0.306 e. The van der Waals surface area contributed by atoms with Crippen LogP contribution in [0.2, 0.25) is 0 Å². The van der Waals surface area contributed by atoms with E-state index in [1.165, 1.54) is 26.4 Å². The molecular weight excluding hydrogens is 814 g/mol. The number of benzene rings is 3. The molecule has 8 atom stereocenters. The lowest BCUT2D eigenvalue weighted by molar-refractivity contribution is -0.149. The van der Waals surface area contributed by atoms with Crippen molar-refractivity contribution >= 4 is 41.0 Å². The molecule has 0 spiro atoms. The lowest BCUT2D eigenvalue weighted by atomic mass is 9.87. The third kappa shape index (κ3) is 11.1. The highest BCUT2D eigenvalue weighted by molar-refractivity contribution is 5.93. The molecule has 0 unspecified atom stereocenters. The van der Waals surface area contributed by atoms with Crippen LogP contribution in [0.4, 0.5) is 10.1 Å². The summed E-state index contributed by atoms with van der Waals surface area (Å²) in [5.74, 6) is -2.64. The summed E-state index contributed by atoms with van der Waals surface area (Å²) in [6, 6.07) is 21.6. The molecule has 0 saturated carbocycles. The van der Waals surface area contributed by atoms with Crippen molar-refractivity contribution in [2.45, 2.75) is 129 Å². The number of anilines is 1. The number of nitrogens with zero attached hydrogens (tertiary/aromatic N) is 3. The molecule has 11 nitrogen and oxygen atoms in total. The van der Waals surface area contributed by atoms with Crippen molar-refractivity contribution in [3.8, 4) is 0 Å². The first kappa shape index (κ1) is 48.1. The molecule has 64 heavy (non-hydrogen) atoms. The van der Waals surface area contributed by atoms with Crippen LogP contribution in [-0.4, -0.2) is 84.5 Å². The van der Waals surface area contributed by atoms with E-state index in [1.54, 1.807) is 21.9 Å². The Morgan fingerprint density at radius 1 is 0.594 bits per heavy atom. The number of Topliss-reactive ketones (excluding diaryl/α,β-unsaturated/α-hetero) is 2. The number of likely N-dealkylation sites (tertiary alicyclic amines) is 2. The van der Waals surface area contributed by atoms with Crippen molar-refractivity contribution in [2.75, 3.05) is 32.2 Å². The molecule has 344 valence electrons. The summed E-state index contributed by atoms with van der Waals surface area (Å²) >= 11 is 0. The second kappa shape index (κ2) is 22.0. The van der Waals surface area contributed by atoms with E-state index in [0.717, 1.165) is 66.5 Å². The summed E-state index contributed by atoms with van der Waals surface area (Å²) in [5, 5.41) is 0. The van der Waals surface area contributed by atoms with E-state index in [4.69, 9.17) is 9.47 Å². The third-order valence-electron chi connectivity index (χ3n) is 14.3. The molecule has 0 aliphatic carbocycles. The highest BCUT2D eigenvalue weighted by atomic mass is 19.1. The lowest BCUT2D eigenvalue weighted by Gasteiger charge is -2.33. The average molecular weight is 880 g/mol. The van der Waals surface area contributed by atoms with Crippen LogP contribution in [0.25, 0.3) is 0 Å². The number of ether oxygens (including phenoxy) is 2. The van der Waals surface area contributed by atoms with Gasteiger partial charge in [0, 0.05) is 31.6 Å². The molecule has 3 fully saturated rings. The van der Waals surface area contributed by atoms with Gasteiger partial charge in [-0.3, -0.25) is 28.8 Å². The highest BCUT2D eigenvalue weighted by Gasteiger charge is 2.41. The Bertz CT molecular complexity index is 1980. The van der Waals surface area contributed by atoms with Crippen LogP contribution in [-0.2, 0) is 51.1 Å². The summed E-state index contributed by atoms with van der Waals surface area (Å²) in [6.45, 7) is 8.89. The van der Waals surface area contributed by atoms with Gasteiger partial charge in [-0.2, -0.15) is 0 Å². The maximum atomic E-state index is 14.2. The van der Waals surface area contributed by atoms with E-state index in [9.17, 15) is 33.2 Å². The van der Waals surface area contributed by atoms with Crippen LogP contribution in [0.15, 0.2) is 72.8 Å². The molecule has 6 rings (SSSR count). The van der Waals surface area contributed by atoms with E-state index in [0.29, 0.717) is 25.9 Å².